The van der Waals surface area contributed by atoms with E-state index in [9.17, 15) is 9.18 Å². The Morgan fingerprint density at radius 1 is 1.25 bits per heavy atom. The second kappa shape index (κ2) is 9.82. The Kier molecular flexibility index (Phi) is 7.54. The highest BCUT2D eigenvalue weighted by molar-refractivity contribution is 5.78. The molecular weight excluding hydrogens is 399 g/mol. The number of hydrogen-bond donors (Lipinski definition) is 1. The molecule has 1 aromatic rings. The van der Waals surface area contributed by atoms with Gasteiger partial charge in [0.1, 0.15) is 6.29 Å². The number of pyridine rings is 1. The predicted octanol–water partition coefficient (Wildman–Crippen LogP) is 6.38. The SMILES string of the molecule is CC.CNCCC1(C)/C(=C\C=O)C(C)CC2C3=CC=C(c4ccc(F)nc4)C3(C)CCC21. The van der Waals surface area contributed by atoms with Crippen LogP contribution < -0.4 is 5.32 Å². The molecule has 0 bridgehead atoms. The van der Waals surface area contributed by atoms with Crippen LogP contribution in [0.25, 0.3) is 5.57 Å². The summed E-state index contributed by atoms with van der Waals surface area (Å²) in [5.74, 6) is 0.992. The van der Waals surface area contributed by atoms with E-state index >= 15 is 0 Å². The van der Waals surface area contributed by atoms with E-state index in [-0.39, 0.29) is 10.8 Å². The van der Waals surface area contributed by atoms with Crippen molar-refractivity contribution in [2.75, 3.05) is 13.6 Å². The van der Waals surface area contributed by atoms with Crippen LogP contribution in [0.3, 0.4) is 0 Å². The number of aldehydes is 1. The molecule has 5 atom stereocenters. The number of rotatable bonds is 5. The summed E-state index contributed by atoms with van der Waals surface area (Å²) < 4.78 is 13.4. The van der Waals surface area contributed by atoms with Crippen LogP contribution in [0, 0.1) is 34.5 Å². The van der Waals surface area contributed by atoms with Crippen molar-refractivity contribution < 1.29 is 9.18 Å². The molecule has 3 aliphatic rings. The van der Waals surface area contributed by atoms with Crippen LogP contribution in [0.2, 0.25) is 0 Å². The van der Waals surface area contributed by atoms with Gasteiger partial charge in [-0.3, -0.25) is 4.79 Å². The van der Waals surface area contributed by atoms with Crippen LogP contribution in [0.15, 0.2) is 47.7 Å². The second-order valence-corrected chi connectivity index (χ2v) is 9.82. The van der Waals surface area contributed by atoms with Gasteiger partial charge in [0.05, 0.1) is 0 Å². The minimum absolute atomic E-state index is 0.0177. The number of hydrogen-bond acceptors (Lipinski definition) is 3. The average Bonchev–Trinajstić information content (AvgIpc) is 3.15. The van der Waals surface area contributed by atoms with Crippen molar-refractivity contribution in [2.24, 2.45) is 28.6 Å². The predicted molar refractivity (Wildman–Crippen MR) is 131 cm³/mol. The van der Waals surface area contributed by atoms with Crippen molar-refractivity contribution in [3.05, 3.63) is 59.2 Å². The zero-order valence-electron chi connectivity index (χ0n) is 20.5. The Morgan fingerprint density at radius 3 is 2.62 bits per heavy atom. The molecule has 0 aromatic carbocycles. The van der Waals surface area contributed by atoms with E-state index in [1.165, 1.54) is 22.8 Å². The first-order valence-electron chi connectivity index (χ1n) is 12.2. The van der Waals surface area contributed by atoms with Gasteiger partial charge in [-0.1, -0.05) is 57.9 Å². The van der Waals surface area contributed by atoms with Gasteiger partial charge in [0.2, 0.25) is 5.95 Å². The van der Waals surface area contributed by atoms with Gasteiger partial charge >= 0.3 is 0 Å². The van der Waals surface area contributed by atoms with Gasteiger partial charge in [-0.05, 0) is 91.8 Å². The Hall–Kier alpha value is -2.07. The molecule has 174 valence electrons. The average molecular weight is 439 g/mol. The molecule has 1 aromatic heterocycles. The van der Waals surface area contributed by atoms with Gasteiger partial charge in [-0.25, -0.2) is 4.98 Å². The molecule has 5 unspecified atom stereocenters. The van der Waals surface area contributed by atoms with Crippen molar-refractivity contribution in [2.45, 2.75) is 60.3 Å². The minimum atomic E-state index is -0.435. The lowest BCUT2D eigenvalue weighted by Crippen LogP contribution is -2.48. The molecule has 0 amide bonds. The first kappa shape index (κ1) is 24.6. The van der Waals surface area contributed by atoms with Crippen LogP contribution in [0.1, 0.15) is 65.9 Å². The number of fused-ring (bicyclic) bond motifs is 3. The molecule has 3 nitrogen and oxygen atoms in total. The summed E-state index contributed by atoms with van der Waals surface area (Å²) in [5, 5.41) is 3.32. The highest BCUT2D eigenvalue weighted by Gasteiger charge is 2.55. The number of aromatic nitrogens is 1. The Bertz CT molecular complexity index is 916. The van der Waals surface area contributed by atoms with Crippen LogP contribution in [-0.4, -0.2) is 24.9 Å². The van der Waals surface area contributed by atoms with Crippen LogP contribution >= 0.6 is 0 Å². The number of nitrogens with zero attached hydrogens (tertiary/aromatic N) is 1. The fraction of sp³-hybridized carbons (Fsp3) is 0.571. The van der Waals surface area contributed by atoms with Gasteiger partial charge in [0, 0.05) is 11.6 Å². The van der Waals surface area contributed by atoms with E-state index in [1.54, 1.807) is 6.20 Å². The van der Waals surface area contributed by atoms with Crippen molar-refractivity contribution in [3.8, 4) is 0 Å². The lowest BCUT2D eigenvalue weighted by molar-refractivity contribution is -0.104. The quantitative estimate of drug-likeness (QED) is 0.329. The topological polar surface area (TPSA) is 42.0 Å². The highest BCUT2D eigenvalue weighted by atomic mass is 19.1. The summed E-state index contributed by atoms with van der Waals surface area (Å²) in [6.07, 6.45) is 13.4. The van der Waals surface area contributed by atoms with Crippen LogP contribution in [-0.2, 0) is 4.79 Å². The molecule has 0 aliphatic heterocycles. The Labute approximate surface area is 193 Å². The summed E-state index contributed by atoms with van der Waals surface area (Å²) in [6.45, 7) is 12.0. The van der Waals surface area contributed by atoms with Gasteiger partial charge < -0.3 is 5.32 Å². The van der Waals surface area contributed by atoms with E-state index in [1.807, 2.05) is 33.0 Å². The van der Waals surface area contributed by atoms with Crippen molar-refractivity contribution >= 4 is 11.9 Å². The normalized spacial score (nSPS) is 34.6. The Morgan fingerprint density at radius 2 is 2.00 bits per heavy atom. The number of carbonyl (C=O) groups excluding carboxylic acids is 1. The van der Waals surface area contributed by atoms with Crippen LogP contribution in [0.5, 0.6) is 0 Å². The lowest BCUT2D eigenvalue weighted by atomic mass is 9.47. The van der Waals surface area contributed by atoms with Crippen molar-refractivity contribution in [1.29, 1.82) is 0 Å². The zero-order chi connectivity index (χ0) is 23.5. The third kappa shape index (κ3) is 4.03. The largest absolute Gasteiger partial charge is 0.320 e. The highest BCUT2D eigenvalue weighted by Crippen LogP contribution is 2.65. The summed E-state index contributed by atoms with van der Waals surface area (Å²) >= 11 is 0. The molecule has 1 heterocycles. The molecule has 1 N–H and O–H groups in total. The molecular formula is C28H39FN2O. The van der Waals surface area contributed by atoms with Crippen molar-refractivity contribution in [3.63, 3.8) is 0 Å². The van der Waals surface area contributed by atoms with E-state index in [0.717, 1.165) is 44.1 Å². The number of carbonyl (C=O) groups is 1. The maximum atomic E-state index is 13.4. The molecule has 0 saturated heterocycles. The molecule has 32 heavy (non-hydrogen) atoms. The summed E-state index contributed by atoms with van der Waals surface area (Å²) in [7, 11) is 2.00. The van der Waals surface area contributed by atoms with E-state index in [4.69, 9.17) is 0 Å². The van der Waals surface area contributed by atoms with Gasteiger partial charge in [-0.15, -0.1) is 0 Å². The standard InChI is InChI=1S/C26H33FN2O.C2H6/c1-17-15-19-22-7-6-21(18-5-8-24(27)29-16-18)25(22,2)11-9-23(19)26(3,12-13-28-4)20(17)10-14-30;1-2/h5-8,10,14,16-17,19,23,28H,9,11-13,15H2,1-4H3;1-2H3/b20-10-;. The maximum Gasteiger partial charge on any atom is 0.212 e. The third-order valence-electron chi connectivity index (χ3n) is 8.30. The second-order valence-electron chi connectivity index (χ2n) is 9.82. The third-order valence-corrected chi connectivity index (χ3v) is 8.30. The minimum Gasteiger partial charge on any atom is -0.320 e. The Balaban J connectivity index is 0.00000141. The molecule has 4 rings (SSSR count). The van der Waals surface area contributed by atoms with Crippen molar-refractivity contribution in [1.82, 2.24) is 10.3 Å². The fourth-order valence-electron chi connectivity index (χ4n) is 6.80. The molecule has 0 radical (unpaired) electrons. The molecule has 3 aliphatic carbocycles. The maximum absolute atomic E-state index is 13.4. The molecule has 0 spiro atoms. The van der Waals surface area contributed by atoms with Gasteiger partial charge in [0.15, 0.2) is 0 Å². The molecule has 2 fully saturated rings. The van der Waals surface area contributed by atoms with Gasteiger partial charge in [0.25, 0.3) is 0 Å². The zero-order valence-corrected chi connectivity index (χ0v) is 20.5. The summed E-state index contributed by atoms with van der Waals surface area (Å²) in [6, 6.07) is 3.31. The fourth-order valence-corrected chi connectivity index (χ4v) is 6.80. The number of nitrogens with one attached hydrogen (secondary N) is 1. The number of allylic oxidation sites excluding steroid dienone is 6. The van der Waals surface area contributed by atoms with E-state index in [0.29, 0.717) is 17.8 Å². The van der Waals surface area contributed by atoms with Crippen LogP contribution in [0.4, 0.5) is 4.39 Å². The summed E-state index contributed by atoms with van der Waals surface area (Å²) in [5.41, 5.74) is 5.14. The van der Waals surface area contributed by atoms with E-state index in [2.05, 4.69) is 43.2 Å². The molecule has 4 heteroatoms. The first-order valence-corrected chi connectivity index (χ1v) is 12.2. The first-order chi connectivity index (χ1) is 15.3. The number of halogens is 1. The monoisotopic (exact) mass is 438 g/mol. The van der Waals surface area contributed by atoms with E-state index < -0.39 is 5.95 Å². The smallest absolute Gasteiger partial charge is 0.212 e. The summed E-state index contributed by atoms with van der Waals surface area (Å²) in [4.78, 5) is 15.3. The molecule has 2 saturated carbocycles. The van der Waals surface area contributed by atoms with Gasteiger partial charge in [-0.2, -0.15) is 4.39 Å². The lowest BCUT2D eigenvalue weighted by Gasteiger charge is -2.57.